The van der Waals surface area contributed by atoms with Crippen molar-refractivity contribution in [3.05, 3.63) is 29.3 Å². The Morgan fingerprint density at radius 1 is 1.33 bits per heavy atom. The summed E-state index contributed by atoms with van der Waals surface area (Å²) in [6.45, 7) is 0. The van der Waals surface area contributed by atoms with Gasteiger partial charge in [-0.3, -0.25) is 0 Å². The van der Waals surface area contributed by atoms with Crippen LogP contribution < -0.4 is 0 Å². The summed E-state index contributed by atoms with van der Waals surface area (Å²) in [6, 6.07) is 7.86. The van der Waals surface area contributed by atoms with E-state index in [4.69, 9.17) is 16.9 Å². The summed E-state index contributed by atoms with van der Waals surface area (Å²) in [7, 11) is -2.57. The van der Waals surface area contributed by atoms with Gasteiger partial charge in [0.25, 0.3) is 0 Å². The van der Waals surface area contributed by atoms with Crippen molar-refractivity contribution in [1.29, 1.82) is 5.26 Å². The van der Waals surface area contributed by atoms with Gasteiger partial charge in [-0.1, -0.05) is 11.6 Å². The fourth-order valence-electron chi connectivity index (χ4n) is 0.866. The summed E-state index contributed by atoms with van der Waals surface area (Å²) < 4.78 is 23.3. The first-order valence-electron chi connectivity index (χ1n) is 4.08. The number of benzene rings is 1. The second-order valence-corrected chi connectivity index (χ2v) is 7.12. The van der Waals surface area contributed by atoms with Crippen LogP contribution in [0.4, 0.5) is 0 Å². The maximum atomic E-state index is 11.6. The molecule has 80 valence electrons. The maximum Gasteiger partial charge on any atom is 0.230 e. The molecular weight excluding hydrogens is 254 g/mol. The van der Waals surface area contributed by atoms with E-state index in [2.05, 4.69) is 0 Å². The average Bonchev–Trinajstić information content (AvgIpc) is 2.18. The Labute approximate surface area is 97.4 Å². The fourth-order valence-corrected chi connectivity index (χ4v) is 3.64. The second-order valence-electron chi connectivity index (χ2n) is 2.64. The Balaban J connectivity index is 2.79. The maximum absolute atomic E-state index is 11.6. The van der Waals surface area contributed by atoms with Crippen molar-refractivity contribution < 1.29 is 8.42 Å². The van der Waals surface area contributed by atoms with Gasteiger partial charge in [-0.2, -0.15) is 5.26 Å². The van der Waals surface area contributed by atoms with Gasteiger partial charge in [-0.05, 0) is 35.1 Å². The van der Waals surface area contributed by atoms with Gasteiger partial charge in [-0.15, -0.1) is 0 Å². The molecule has 0 radical (unpaired) electrons. The molecule has 0 N–H and O–H groups in total. The molecule has 0 spiro atoms. The highest BCUT2D eigenvalue weighted by Crippen LogP contribution is 2.24. The van der Waals surface area contributed by atoms with Gasteiger partial charge in [0.2, 0.25) is 8.87 Å². The fraction of sp³-hybridized carbons (Fsp3) is 0.222. The summed E-state index contributed by atoms with van der Waals surface area (Å²) in [4.78, 5) is 0.217. The molecule has 0 saturated carbocycles. The molecule has 0 atom stereocenters. The number of hydrogen-bond donors (Lipinski definition) is 0. The van der Waals surface area contributed by atoms with E-state index in [0.29, 0.717) is 5.02 Å². The smallest absolute Gasteiger partial charge is 0.212 e. The minimum Gasteiger partial charge on any atom is -0.212 e. The van der Waals surface area contributed by atoms with Crippen molar-refractivity contribution >= 4 is 31.3 Å². The third-order valence-electron chi connectivity index (χ3n) is 1.55. The summed E-state index contributed by atoms with van der Waals surface area (Å²) >= 11 is 5.64. The van der Waals surface area contributed by atoms with E-state index >= 15 is 0 Å². The van der Waals surface area contributed by atoms with E-state index in [1.807, 2.05) is 6.07 Å². The summed E-state index contributed by atoms with van der Waals surface area (Å²) in [5.41, 5.74) is 0. The van der Waals surface area contributed by atoms with Crippen molar-refractivity contribution in [3.8, 4) is 6.07 Å². The third kappa shape index (κ3) is 3.74. The van der Waals surface area contributed by atoms with Crippen LogP contribution in [0.2, 0.25) is 5.02 Å². The van der Waals surface area contributed by atoms with Crippen molar-refractivity contribution in [2.24, 2.45) is 0 Å². The number of halogens is 1. The molecule has 3 nitrogen and oxygen atoms in total. The molecular formula is C9H8ClNO2S2. The molecule has 15 heavy (non-hydrogen) atoms. The lowest BCUT2D eigenvalue weighted by molar-refractivity contribution is 0.610. The first kappa shape index (κ1) is 12.4. The number of nitriles is 1. The van der Waals surface area contributed by atoms with Crippen molar-refractivity contribution in [3.63, 3.8) is 0 Å². The standard InChI is InChI=1S/C9H8ClNO2S2/c10-8-2-4-9(5-3-8)15(12,13)14-7-1-6-11/h2-5H,1,7H2. The Bertz CT molecular complexity index is 462. The van der Waals surface area contributed by atoms with Crippen LogP contribution in [-0.2, 0) is 8.87 Å². The molecule has 0 saturated heterocycles. The first-order chi connectivity index (χ1) is 7.06. The summed E-state index contributed by atoms with van der Waals surface area (Å²) in [5, 5.41) is 8.79. The SMILES string of the molecule is N#CCCSS(=O)(=O)c1ccc(Cl)cc1. The highest BCUT2D eigenvalue weighted by Gasteiger charge is 2.14. The van der Waals surface area contributed by atoms with E-state index in [-0.39, 0.29) is 17.1 Å². The molecule has 0 heterocycles. The quantitative estimate of drug-likeness (QED) is 0.618. The zero-order valence-electron chi connectivity index (χ0n) is 7.68. The Kier molecular flexibility index (Phi) is 4.45. The van der Waals surface area contributed by atoms with E-state index in [1.54, 1.807) is 0 Å². The minimum atomic E-state index is -3.34. The Hall–Kier alpha value is -0.700. The largest absolute Gasteiger partial charge is 0.230 e. The van der Waals surface area contributed by atoms with Crippen LogP contribution in [0.5, 0.6) is 0 Å². The molecule has 0 amide bonds. The van der Waals surface area contributed by atoms with Crippen LogP contribution >= 0.6 is 22.4 Å². The van der Waals surface area contributed by atoms with Gasteiger partial charge in [0, 0.05) is 17.2 Å². The Morgan fingerprint density at radius 2 is 1.93 bits per heavy atom. The van der Waals surface area contributed by atoms with Gasteiger partial charge in [0.05, 0.1) is 11.0 Å². The molecule has 1 aromatic carbocycles. The highest BCUT2D eigenvalue weighted by atomic mass is 35.5. The van der Waals surface area contributed by atoms with Gasteiger partial charge in [0.15, 0.2) is 0 Å². The number of hydrogen-bond acceptors (Lipinski definition) is 4. The van der Waals surface area contributed by atoms with Crippen LogP contribution in [0.1, 0.15) is 6.42 Å². The van der Waals surface area contributed by atoms with E-state index < -0.39 is 8.87 Å². The molecule has 0 fully saturated rings. The normalized spacial score (nSPS) is 10.9. The van der Waals surface area contributed by atoms with E-state index in [9.17, 15) is 8.42 Å². The molecule has 6 heteroatoms. The van der Waals surface area contributed by atoms with E-state index in [1.165, 1.54) is 24.3 Å². The predicted octanol–water partition coefficient (Wildman–Crippen LogP) is 2.68. The molecule has 0 aliphatic carbocycles. The van der Waals surface area contributed by atoms with Gasteiger partial charge in [-0.25, -0.2) is 8.42 Å². The van der Waals surface area contributed by atoms with Crippen molar-refractivity contribution in [2.75, 3.05) is 5.75 Å². The molecule has 1 rings (SSSR count). The molecule has 0 aromatic heterocycles. The molecule has 1 aromatic rings. The molecule has 0 aliphatic heterocycles. The van der Waals surface area contributed by atoms with Gasteiger partial charge < -0.3 is 0 Å². The number of nitrogens with zero attached hydrogens (tertiary/aromatic N) is 1. The summed E-state index contributed by atoms with van der Waals surface area (Å²) in [6.07, 6.45) is 0.220. The van der Waals surface area contributed by atoms with Gasteiger partial charge >= 0.3 is 0 Å². The lowest BCUT2D eigenvalue weighted by Gasteiger charge is -2.01. The Morgan fingerprint density at radius 3 is 2.47 bits per heavy atom. The lowest BCUT2D eigenvalue weighted by atomic mass is 10.4. The molecule has 0 aliphatic rings. The highest BCUT2D eigenvalue weighted by molar-refractivity contribution is 8.72. The van der Waals surface area contributed by atoms with Crippen LogP contribution in [0.15, 0.2) is 29.2 Å². The molecule has 0 unspecified atom stereocenters. The van der Waals surface area contributed by atoms with Crippen LogP contribution in [0.3, 0.4) is 0 Å². The first-order valence-corrected chi connectivity index (χ1v) is 7.44. The predicted molar refractivity (Wildman–Crippen MR) is 61.3 cm³/mol. The monoisotopic (exact) mass is 261 g/mol. The van der Waals surface area contributed by atoms with Crippen molar-refractivity contribution in [2.45, 2.75) is 11.3 Å². The minimum absolute atomic E-state index is 0.217. The zero-order valence-corrected chi connectivity index (χ0v) is 10.1. The van der Waals surface area contributed by atoms with E-state index in [0.717, 1.165) is 10.8 Å². The van der Waals surface area contributed by atoms with Crippen LogP contribution in [0.25, 0.3) is 0 Å². The van der Waals surface area contributed by atoms with Crippen LogP contribution in [-0.4, -0.2) is 14.2 Å². The number of rotatable bonds is 4. The average molecular weight is 262 g/mol. The van der Waals surface area contributed by atoms with Crippen molar-refractivity contribution in [1.82, 2.24) is 0 Å². The van der Waals surface area contributed by atoms with Gasteiger partial charge in [0.1, 0.15) is 0 Å². The lowest BCUT2D eigenvalue weighted by Crippen LogP contribution is -1.96. The molecule has 0 bridgehead atoms. The second kappa shape index (κ2) is 5.40. The topological polar surface area (TPSA) is 57.9 Å². The zero-order chi connectivity index (χ0) is 11.3. The summed E-state index contributed by atoms with van der Waals surface area (Å²) in [5.74, 6) is 0.279. The van der Waals surface area contributed by atoms with Crippen LogP contribution in [0, 0.1) is 11.3 Å². The third-order valence-corrected chi connectivity index (χ3v) is 5.35.